The molecule has 1 fully saturated rings. The lowest BCUT2D eigenvalue weighted by Crippen LogP contribution is -2.41. The average Bonchev–Trinajstić information content (AvgIpc) is 3.40. The molecule has 0 unspecified atom stereocenters. The van der Waals surface area contributed by atoms with Crippen molar-refractivity contribution < 1.29 is 14.4 Å². The van der Waals surface area contributed by atoms with Gasteiger partial charge in [-0.2, -0.15) is 0 Å². The van der Waals surface area contributed by atoms with Crippen molar-refractivity contribution in [3.8, 4) is 0 Å². The fraction of sp³-hybridized carbons (Fsp3) is 0.393. The van der Waals surface area contributed by atoms with Gasteiger partial charge in [-0.25, -0.2) is 0 Å². The minimum Gasteiger partial charge on any atom is -0.354 e. The van der Waals surface area contributed by atoms with Crippen molar-refractivity contribution >= 4 is 35.2 Å². The molecule has 1 N–H and O–H groups in total. The number of hydrogen-bond donors (Lipinski definition) is 1. The molecule has 6 nitrogen and oxygen atoms in total. The minimum absolute atomic E-state index is 0.0188. The molecule has 1 aliphatic carbocycles. The van der Waals surface area contributed by atoms with E-state index in [2.05, 4.69) is 11.4 Å². The zero-order valence-corrected chi connectivity index (χ0v) is 20.7. The first-order chi connectivity index (χ1) is 17.1. The molecule has 0 radical (unpaired) electrons. The van der Waals surface area contributed by atoms with E-state index in [-0.39, 0.29) is 24.3 Å². The quantitative estimate of drug-likeness (QED) is 0.577. The van der Waals surface area contributed by atoms with Crippen LogP contribution in [0.25, 0.3) is 0 Å². The summed E-state index contributed by atoms with van der Waals surface area (Å²) in [5.41, 5.74) is 3.15. The van der Waals surface area contributed by atoms with Crippen LogP contribution in [-0.2, 0) is 4.79 Å². The highest BCUT2D eigenvalue weighted by molar-refractivity contribution is 7.99. The zero-order valence-electron chi connectivity index (χ0n) is 19.9. The van der Waals surface area contributed by atoms with Crippen LogP contribution in [0.15, 0.2) is 63.9 Å². The monoisotopic (exact) mass is 489 g/mol. The number of nitrogens with zero attached hydrogens (tertiary/aromatic N) is 2. The Hall–Kier alpha value is -3.06. The highest BCUT2D eigenvalue weighted by atomic mass is 32.2. The number of allylic oxidation sites excluding steroid dienone is 1. The van der Waals surface area contributed by atoms with Gasteiger partial charge in [-0.15, -0.1) is 0 Å². The molecule has 0 atom stereocenters. The van der Waals surface area contributed by atoms with E-state index in [1.54, 1.807) is 12.1 Å². The van der Waals surface area contributed by atoms with Gasteiger partial charge in [0.2, 0.25) is 5.91 Å². The molecule has 5 rings (SSSR count). The summed E-state index contributed by atoms with van der Waals surface area (Å²) in [6.07, 6.45) is 9.86. The van der Waals surface area contributed by atoms with Gasteiger partial charge in [-0.05, 0) is 75.3 Å². The van der Waals surface area contributed by atoms with Gasteiger partial charge in [-0.1, -0.05) is 35.5 Å². The standard InChI is InChI=1S/C28H31N3O3S/c32-26(29-15-14-20-8-2-1-3-9-20)19-31-23-18-21(27(33)30-16-6-7-17-30)12-13-25(23)35-24-11-5-4-10-22(24)28(31)34/h4-5,8,10-13,18H,1-3,6-7,9,14-17,19H2,(H,29,32). The van der Waals surface area contributed by atoms with Crippen molar-refractivity contribution in [2.45, 2.75) is 54.7 Å². The summed E-state index contributed by atoms with van der Waals surface area (Å²) in [7, 11) is 0. The van der Waals surface area contributed by atoms with Gasteiger partial charge in [0.1, 0.15) is 6.54 Å². The Morgan fingerprint density at radius 3 is 2.60 bits per heavy atom. The Morgan fingerprint density at radius 2 is 1.80 bits per heavy atom. The SMILES string of the molecule is O=C(CN1C(=O)c2ccccc2Sc2ccc(C(=O)N3CCCC3)cc21)NCCC1=CCCCC1. The second-order valence-electron chi connectivity index (χ2n) is 9.38. The Morgan fingerprint density at radius 1 is 0.971 bits per heavy atom. The van der Waals surface area contributed by atoms with Gasteiger partial charge in [0.05, 0.1) is 11.3 Å². The molecule has 0 aromatic heterocycles. The normalized spacial score (nSPS) is 17.4. The number of carbonyl (C=O) groups excluding carboxylic acids is 3. The topological polar surface area (TPSA) is 69.7 Å². The van der Waals surface area contributed by atoms with Gasteiger partial charge < -0.3 is 10.2 Å². The predicted molar refractivity (Wildman–Crippen MR) is 138 cm³/mol. The third-order valence-electron chi connectivity index (χ3n) is 6.93. The third kappa shape index (κ3) is 5.30. The van der Waals surface area contributed by atoms with Crippen molar-refractivity contribution in [2.75, 3.05) is 31.1 Å². The molecule has 2 aromatic rings. The first-order valence-electron chi connectivity index (χ1n) is 12.6. The van der Waals surface area contributed by atoms with E-state index in [1.807, 2.05) is 35.2 Å². The summed E-state index contributed by atoms with van der Waals surface area (Å²) in [4.78, 5) is 44.8. The highest BCUT2D eigenvalue weighted by Gasteiger charge is 2.30. The molecule has 2 heterocycles. The predicted octanol–water partition coefficient (Wildman–Crippen LogP) is 5.04. The maximum Gasteiger partial charge on any atom is 0.259 e. The van der Waals surface area contributed by atoms with Crippen LogP contribution in [0.1, 0.15) is 65.7 Å². The molecule has 1 saturated heterocycles. The van der Waals surface area contributed by atoms with Gasteiger partial charge in [0.15, 0.2) is 0 Å². The van der Waals surface area contributed by atoms with Crippen LogP contribution in [0.2, 0.25) is 0 Å². The van der Waals surface area contributed by atoms with Crippen LogP contribution >= 0.6 is 11.8 Å². The summed E-state index contributed by atoms with van der Waals surface area (Å²) in [5.74, 6) is -0.432. The van der Waals surface area contributed by atoms with Gasteiger partial charge in [0, 0.05) is 35.0 Å². The Balaban J connectivity index is 1.39. The van der Waals surface area contributed by atoms with Crippen molar-refractivity contribution in [1.82, 2.24) is 10.2 Å². The molecule has 0 bridgehead atoms. The van der Waals surface area contributed by atoms with Crippen molar-refractivity contribution in [1.29, 1.82) is 0 Å². The number of likely N-dealkylation sites (tertiary alicyclic amines) is 1. The Kier molecular flexibility index (Phi) is 7.23. The molecule has 0 saturated carbocycles. The molecule has 2 aliphatic heterocycles. The fourth-order valence-corrected chi connectivity index (χ4v) is 6.07. The molecule has 2 aromatic carbocycles. The van der Waals surface area contributed by atoms with E-state index in [0.717, 1.165) is 55.0 Å². The number of carbonyl (C=O) groups is 3. The van der Waals surface area contributed by atoms with Crippen molar-refractivity contribution in [3.05, 3.63) is 65.2 Å². The van der Waals surface area contributed by atoms with E-state index in [9.17, 15) is 14.4 Å². The fourth-order valence-electron chi connectivity index (χ4n) is 5.01. The Labute approximate surface area is 210 Å². The number of hydrogen-bond acceptors (Lipinski definition) is 4. The maximum atomic E-state index is 13.6. The number of rotatable bonds is 6. The van der Waals surface area contributed by atoms with E-state index in [4.69, 9.17) is 0 Å². The molecule has 7 heteroatoms. The number of fused-ring (bicyclic) bond motifs is 2. The molecule has 35 heavy (non-hydrogen) atoms. The molecule has 3 aliphatic rings. The number of nitrogens with one attached hydrogen (secondary N) is 1. The number of benzene rings is 2. The van der Waals surface area contributed by atoms with Crippen molar-refractivity contribution in [2.24, 2.45) is 0 Å². The van der Waals surface area contributed by atoms with Crippen LogP contribution < -0.4 is 10.2 Å². The van der Waals surface area contributed by atoms with Gasteiger partial charge >= 0.3 is 0 Å². The third-order valence-corrected chi connectivity index (χ3v) is 8.07. The highest BCUT2D eigenvalue weighted by Crippen LogP contribution is 2.41. The number of anilines is 1. The molecule has 0 spiro atoms. The summed E-state index contributed by atoms with van der Waals surface area (Å²) < 4.78 is 0. The van der Waals surface area contributed by atoms with Crippen LogP contribution in [0.3, 0.4) is 0 Å². The molecular weight excluding hydrogens is 458 g/mol. The Bertz CT molecular complexity index is 1170. The smallest absolute Gasteiger partial charge is 0.259 e. The number of amides is 3. The second-order valence-corrected chi connectivity index (χ2v) is 10.5. The van der Waals surface area contributed by atoms with E-state index in [1.165, 1.54) is 35.1 Å². The minimum atomic E-state index is -0.220. The van der Waals surface area contributed by atoms with E-state index < -0.39 is 0 Å². The average molecular weight is 490 g/mol. The lowest BCUT2D eigenvalue weighted by atomic mass is 9.97. The molecule has 182 valence electrons. The van der Waals surface area contributed by atoms with Crippen molar-refractivity contribution in [3.63, 3.8) is 0 Å². The summed E-state index contributed by atoms with van der Waals surface area (Å²) >= 11 is 1.50. The van der Waals surface area contributed by atoms with Crippen LogP contribution in [0, 0.1) is 0 Å². The zero-order chi connectivity index (χ0) is 24.2. The molecular formula is C28H31N3O3S. The summed E-state index contributed by atoms with van der Waals surface area (Å²) in [5, 5.41) is 3.00. The molecule has 3 amide bonds. The second kappa shape index (κ2) is 10.7. The first kappa shape index (κ1) is 23.7. The largest absolute Gasteiger partial charge is 0.354 e. The lowest BCUT2D eigenvalue weighted by Gasteiger charge is -2.24. The van der Waals surface area contributed by atoms with Crippen LogP contribution in [-0.4, -0.2) is 48.8 Å². The van der Waals surface area contributed by atoms with E-state index >= 15 is 0 Å². The first-order valence-corrected chi connectivity index (χ1v) is 13.4. The van der Waals surface area contributed by atoms with Gasteiger partial charge in [0.25, 0.3) is 11.8 Å². The maximum absolute atomic E-state index is 13.6. The van der Waals surface area contributed by atoms with E-state index in [0.29, 0.717) is 23.4 Å². The van der Waals surface area contributed by atoms with Crippen LogP contribution in [0.5, 0.6) is 0 Å². The van der Waals surface area contributed by atoms with Crippen LogP contribution in [0.4, 0.5) is 5.69 Å². The lowest BCUT2D eigenvalue weighted by molar-refractivity contribution is -0.119. The summed E-state index contributed by atoms with van der Waals surface area (Å²) in [6, 6.07) is 13.0. The summed E-state index contributed by atoms with van der Waals surface area (Å²) in [6.45, 7) is 2.01. The van der Waals surface area contributed by atoms with Gasteiger partial charge in [-0.3, -0.25) is 19.3 Å².